The molecule has 2 heterocycles. The maximum absolute atomic E-state index is 4.64. The molecule has 21 heavy (non-hydrogen) atoms. The van der Waals surface area contributed by atoms with Crippen LogP contribution in [0.2, 0.25) is 0 Å². The molecule has 1 fully saturated rings. The molecule has 0 amide bonds. The van der Waals surface area contributed by atoms with E-state index >= 15 is 0 Å². The van der Waals surface area contributed by atoms with Crippen LogP contribution in [0.5, 0.6) is 0 Å². The lowest BCUT2D eigenvalue weighted by Gasteiger charge is -2.11. The molecule has 1 aliphatic rings. The molecule has 0 aliphatic heterocycles. The van der Waals surface area contributed by atoms with Crippen LogP contribution in [-0.4, -0.2) is 32.6 Å². The van der Waals surface area contributed by atoms with Crippen molar-refractivity contribution in [3.63, 3.8) is 0 Å². The Balaban J connectivity index is 1.63. The summed E-state index contributed by atoms with van der Waals surface area (Å²) >= 11 is 0. The molecule has 2 aromatic rings. The number of nitrogens with one attached hydrogen (secondary N) is 2. The molecule has 2 aromatic heterocycles. The first-order valence-corrected chi connectivity index (χ1v) is 7.67. The van der Waals surface area contributed by atoms with E-state index < -0.39 is 0 Å². The van der Waals surface area contributed by atoms with Gasteiger partial charge in [-0.3, -0.25) is 0 Å². The van der Waals surface area contributed by atoms with E-state index in [9.17, 15) is 0 Å². The maximum atomic E-state index is 4.64. The van der Waals surface area contributed by atoms with Crippen molar-refractivity contribution in [3.8, 4) is 0 Å². The minimum Gasteiger partial charge on any atom is -0.370 e. The molecule has 0 unspecified atom stereocenters. The Bertz CT molecular complexity index is 562. The van der Waals surface area contributed by atoms with Gasteiger partial charge in [0.2, 0.25) is 0 Å². The van der Waals surface area contributed by atoms with Crippen LogP contribution in [0.25, 0.3) is 0 Å². The van der Waals surface area contributed by atoms with E-state index in [2.05, 4.69) is 32.5 Å². The second-order valence-electron chi connectivity index (χ2n) is 5.42. The van der Waals surface area contributed by atoms with Crippen molar-refractivity contribution in [1.29, 1.82) is 0 Å². The summed E-state index contributed by atoms with van der Waals surface area (Å²) in [5.74, 6) is 3.37. The van der Waals surface area contributed by atoms with Crippen LogP contribution in [0.1, 0.15) is 37.9 Å². The average Bonchev–Trinajstić information content (AvgIpc) is 3.23. The van der Waals surface area contributed by atoms with Crippen LogP contribution in [0.4, 0.5) is 11.6 Å². The molecule has 0 atom stereocenters. The van der Waals surface area contributed by atoms with Crippen LogP contribution in [0.3, 0.4) is 0 Å². The average molecular weight is 286 g/mol. The first-order valence-electron chi connectivity index (χ1n) is 7.67. The number of nitrogens with zero attached hydrogens (tertiary/aromatic N) is 4. The topological polar surface area (TPSA) is 67.7 Å². The largest absolute Gasteiger partial charge is 0.370 e. The second-order valence-corrected chi connectivity index (χ2v) is 5.42. The molecule has 3 rings (SSSR count). The molecular formula is C15H22N6. The maximum Gasteiger partial charge on any atom is 0.136 e. The monoisotopic (exact) mass is 286 g/mol. The zero-order valence-electron chi connectivity index (χ0n) is 12.4. The third kappa shape index (κ3) is 3.93. The molecule has 0 saturated heterocycles. The molecule has 2 N–H and O–H groups in total. The number of hydrogen-bond acceptors (Lipinski definition) is 5. The summed E-state index contributed by atoms with van der Waals surface area (Å²) < 4.78 is 2.05. The number of anilines is 2. The van der Waals surface area contributed by atoms with Crippen molar-refractivity contribution in [1.82, 2.24) is 19.5 Å². The van der Waals surface area contributed by atoms with Crippen LogP contribution in [-0.2, 0) is 6.54 Å². The van der Waals surface area contributed by atoms with Gasteiger partial charge >= 0.3 is 0 Å². The van der Waals surface area contributed by atoms with Gasteiger partial charge in [-0.05, 0) is 19.3 Å². The van der Waals surface area contributed by atoms with Gasteiger partial charge < -0.3 is 15.2 Å². The normalized spacial score (nSPS) is 14.1. The molecule has 0 spiro atoms. The Morgan fingerprint density at radius 2 is 1.95 bits per heavy atom. The van der Waals surface area contributed by atoms with E-state index in [1.165, 1.54) is 12.8 Å². The van der Waals surface area contributed by atoms with Crippen molar-refractivity contribution < 1.29 is 0 Å². The number of rotatable bonds is 8. The van der Waals surface area contributed by atoms with E-state index in [0.29, 0.717) is 5.92 Å². The fourth-order valence-electron chi connectivity index (χ4n) is 2.16. The molecule has 0 radical (unpaired) electrons. The van der Waals surface area contributed by atoms with Gasteiger partial charge in [0, 0.05) is 44.0 Å². The van der Waals surface area contributed by atoms with Crippen LogP contribution < -0.4 is 10.6 Å². The Kier molecular flexibility index (Phi) is 4.33. The van der Waals surface area contributed by atoms with Crippen LogP contribution >= 0.6 is 0 Å². The number of aromatic nitrogens is 4. The summed E-state index contributed by atoms with van der Waals surface area (Å²) in [5.41, 5.74) is 0. The van der Waals surface area contributed by atoms with Gasteiger partial charge in [-0.15, -0.1) is 0 Å². The first-order chi connectivity index (χ1) is 10.3. The summed E-state index contributed by atoms with van der Waals surface area (Å²) in [6.45, 7) is 4.79. The second kappa shape index (κ2) is 6.56. The Hall–Kier alpha value is -2.11. The fraction of sp³-hybridized carbons (Fsp3) is 0.533. The van der Waals surface area contributed by atoms with Gasteiger partial charge in [-0.25, -0.2) is 15.0 Å². The summed E-state index contributed by atoms with van der Waals surface area (Å²) in [4.78, 5) is 13.3. The Morgan fingerprint density at radius 3 is 2.57 bits per heavy atom. The zero-order chi connectivity index (χ0) is 14.5. The lowest BCUT2D eigenvalue weighted by molar-refractivity contribution is 0.724. The summed E-state index contributed by atoms with van der Waals surface area (Å²) in [6, 6.07) is 2.00. The van der Waals surface area contributed by atoms with E-state index in [-0.39, 0.29) is 0 Å². The van der Waals surface area contributed by atoms with Gasteiger partial charge in [-0.1, -0.05) is 6.92 Å². The Morgan fingerprint density at radius 1 is 1.19 bits per heavy atom. The Labute approximate surface area is 125 Å². The molecule has 0 aromatic carbocycles. The quantitative estimate of drug-likeness (QED) is 0.780. The highest BCUT2D eigenvalue weighted by Crippen LogP contribution is 2.38. The van der Waals surface area contributed by atoms with E-state index in [4.69, 9.17) is 0 Å². The molecule has 1 aliphatic carbocycles. The molecule has 1 saturated carbocycles. The predicted octanol–water partition coefficient (Wildman–Crippen LogP) is 2.48. The van der Waals surface area contributed by atoms with Crippen molar-refractivity contribution >= 4 is 11.6 Å². The van der Waals surface area contributed by atoms with Crippen molar-refractivity contribution in [2.75, 3.05) is 23.7 Å². The smallest absolute Gasteiger partial charge is 0.136 e. The van der Waals surface area contributed by atoms with E-state index in [0.717, 1.165) is 43.5 Å². The van der Waals surface area contributed by atoms with Gasteiger partial charge in [0.1, 0.15) is 17.5 Å². The lowest BCUT2D eigenvalue weighted by atomic mass is 10.3. The predicted molar refractivity (Wildman–Crippen MR) is 83.5 cm³/mol. The third-order valence-electron chi connectivity index (χ3n) is 3.48. The van der Waals surface area contributed by atoms with Gasteiger partial charge in [0.15, 0.2) is 0 Å². The number of hydrogen-bond donors (Lipinski definition) is 2. The highest BCUT2D eigenvalue weighted by Gasteiger charge is 2.27. The molecule has 112 valence electrons. The molecular weight excluding hydrogens is 264 g/mol. The first kappa shape index (κ1) is 13.9. The van der Waals surface area contributed by atoms with Gasteiger partial charge in [-0.2, -0.15) is 0 Å². The fourth-order valence-corrected chi connectivity index (χ4v) is 2.16. The zero-order valence-corrected chi connectivity index (χ0v) is 12.4. The standard InChI is InChI=1S/C15H22N6/c1-2-5-17-13-10-14(20-15(19-13)12-3-4-12)18-7-9-21-8-6-16-11-21/h6,8,10-12H,2-5,7,9H2,1H3,(H2,17,18,19,20). The summed E-state index contributed by atoms with van der Waals surface area (Å²) in [6.07, 6.45) is 9.10. The van der Waals surface area contributed by atoms with E-state index in [1.54, 1.807) is 6.20 Å². The van der Waals surface area contributed by atoms with Crippen molar-refractivity contribution in [2.45, 2.75) is 38.6 Å². The van der Waals surface area contributed by atoms with E-state index in [1.807, 2.05) is 23.2 Å². The number of imidazole rings is 1. The lowest BCUT2D eigenvalue weighted by Crippen LogP contribution is -2.12. The minimum absolute atomic E-state index is 0.558. The minimum atomic E-state index is 0.558. The highest BCUT2D eigenvalue weighted by molar-refractivity contribution is 5.48. The molecule has 0 bridgehead atoms. The van der Waals surface area contributed by atoms with Crippen molar-refractivity contribution in [3.05, 3.63) is 30.6 Å². The molecule has 6 heteroatoms. The highest BCUT2D eigenvalue weighted by atomic mass is 15.1. The van der Waals surface area contributed by atoms with Crippen LogP contribution in [0, 0.1) is 0 Å². The summed E-state index contributed by atoms with van der Waals surface area (Å²) in [7, 11) is 0. The molecule has 6 nitrogen and oxygen atoms in total. The SMILES string of the molecule is CCCNc1cc(NCCn2ccnc2)nc(C2CC2)n1. The van der Waals surface area contributed by atoms with Crippen LogP contribution in [0.15, 0.2) is 24.8 Å². The van der Waals surface area contributed by atoms with Gasteiger partial charge in [0.05, 0.1) is 6.33 Å². The van der Waals surface area contributed by atoms with Crippen molar-refractivity contribution in [2.24, 2.45) is 0 Å². The summed E-state index contributed by atoms with van der Waals surface area (Å²) in [5, 5.41) is 6.74. The van der Waals surface area contributed by atoms with Gasteiger partial charge in [0.25, 0.3) is 0 Å². The third-order valence-corrected chi connectivity index (χ3v) is 3.48.